The molecule has 0 amide bonds. The third-order valence-electron chi connectivity index (χ3n) is 2.63. The lowest BCUT2D eigenvalue weighted by atomic mass is 10.1. The number of aryl methyl sites for hydroxylation is 2. The van der Waals surface area contributed by atoms with E-state index in [9.17, 15) is 0 Å². The van der Waals surface area contributed by atoms with E-state index >= 15 is 0 Å². The number of benzene rings is 1. The summed E-state index contributed by atoms with van der Waals surface area (Å²) in [6.07, 6.45) is 2.88. The fourth-order valence-electron chi connectivity index (χ4n) is 1.51. The first-order chi connectivity index (χ1) is 6.27. The van der Waals surface area contributed by atoms with Crippen LogP contribution in [0.25, 0.3) is 0 Å². The lowest BCUT2D eigenvalue weighted by Crippen LogP contribution is -1.91. The summed E-state index contributed by atoms with van der Waals surface area (Å²) in [6, 6.07) is 6.58. The van der Waals surface area contributed by atoms with Gasteiger partial charge in [-0.2, -0.15) is 11.8 Å². The van der Waals surface area contributed by atoms with Gasteiger partial charge >= 0.3 is 0 Å². The molecule has 0 atom stereocenters. The van der Waals surface area contributed by atoms with Crippen LogP contribution in [0.2, 0.25) is 0 Å². The zero-order valence-electron chi connectivity index (χ0n) is 8.34. The molecule has 0 N–H and O–H groups in total. The molecule has 2 rings (SSSR count). The van der Waals surface area contributed by atoms with E-state index in [1.807, 2.05) is 0 Å². The molecule has 0 heterocycles. The van der Waals surface area contributed by atoms with Crippen molar-refractivity contribution in [1.29, 1.82) is 0 Å². The maximum atomic E-state index is 2.22. The largest absolute Gasteiger partial charge is 0.154 e. The molecule has 0 bridgehead atoms. The molecule has 0 spiro atoms. The van der Waals surface area contributed by atoms with Crippen molar-refractivity contribution in [2.75, 3.05) is 0 Å². The van der Waals surface area contributed by atoms with Crippen molar-refractivity contribution in [3.63, 3.8) is 0 Å². The highest BCUT2D eigenvalue weighted by atomic mass is 32.2. The van der Waals surface area contributed by atoms with Gasteiger partial charge in [0.25, 0.3) is 0 Å². The van der Waals surface area contributed by atoms with Gasteiger partial charge in [-0.25, -0.2) is 0 Å². The van der Waals surface area contributed by atoms with Crippen LogP contribution < -0.4 is 0 Å². The van der Waals surface area contributed by atoms with Crippen molar-refractivity contribution in [3.05, 3.63) is 34.9 Å². The zero-order valence-corrected chi connectivity index (χ0v) is 9.16. The Kier molecular flexibility index (Phi) is 2.63. The molecular weight excluding hydrogens is 176 g/mol. The average molecular weight is 192 g/mol. The third-order valence-corrected chi connectivity index (χ3v) is 4.03. The first-order valence-corrected chi connectivity index (χ1v) is 5.99. The van der Waals surface area contributed by atoms with Crippen LogP contribution in [-0.2, 0) is 5.75 Å². The molecule has 0 saturated heterocycles. The predicted octanol–water partition coefficient (Wildman–Crippen LogP) is 3.70. The van der Waals surface area contributed by atoms with Gasteiger partial charge in [0.15, 0.2) is 0 Å². The maximum Gasteiger partial charge on any atom is 0.0192 e. The highest BCUT2D eigenvalue weighted by molar-refractivity contribution is 7.99. The van der Waals surface area contributed by atoms with Crippen molar-refractivity contribution >= 4 is 11.8 Å². The van der Waals surface area contributed by atoms with Crippen LogP contribution in [0.3, 0.4) is 0 Å². The van der Waals surface area contributed by atoms with E-state index in [4.69, 9.17) is 0 Å². The molecule has 1 fully saturated rings. The van der Waals surface area contributed by atoms with Crippen molar-refractivity contribution < 1.29 is 0 Å². The minimum atomic E-state index is 0.971. The Hall–Kier alpha value is -0.430. The standard InChI is InChI=1S/C12H16S/c1-9-4-3-5-10(2)12(9)8-13-11-6-7-11/h3-5,11H,6-8H2,1-2H3. The van der Waals surface area contributed by atoms with Gasteiger partial charge in [-0.15, -0.1) is 0 Å². The van der Waals surface area contributed by atoms with Crippen molar-refractivity contribution in [2.45, 2.75) is 37.7 Å². The SMILES string of the molecule is Cc1cccc(C)c1CSC1CC1. The van der Waals surface area contributed by atoms with Crippen LogP contribution in [0.4, 0.5) is 0 Å². The van der Waals surface area contributed by atoms with Crippen LogP contribution in [0, 0.1) is 13.8 Å². The van der Waals surface area contributed by atoms with Gasteiger partial charge < -0.3 is 0 Å². The highest BCUT2D eigenvalue weighted by Gasteiger charge is 2.21. The Morgan fingerprint density at radius 1 is 1.23 bits per heavy atom. The van der Waals surface area contributed by atoms with E-state index in [1.165, 1.54) is 29.7 Å². The summed E-state index contributed by atoms with van der Waals surface area (Å²) in [6.45, 7) is 4.44. The Morgan fingerprint density at radius 3 is 2.38 bits per heavy atom. The summed E-state index contributed by atoms with van der Waals surface area (Å²) >= 11 is 2.12. The third kappa shape index (κ3) is 2.28. The van der Waals surface area contributed by atoms with Gasteiger partial charge in [0.2, 0.25) is 0 Å². The van der Waals surface area contributed by atoms with Gasteiger partial charge in [0.1, 0.15) is 0 Å². The van der Waals surface area contributed by atoms with Gasteiger partial charge in [-0.1, -0.05) is 18.2 Å². The Morgan fingerprint density at radius 2 is 1.85 bits per heavy atom. The van der Waals surface area contributed by atoms with Crippen molar-refractivity contribution in [3.8, 4) is 0 Å². The van der Waals surface area contributed by atoms with E-state index in [0.29, 0.717) is 0 Å². The summed E-state index contributed by atoms with van der Waals surface area (Å²) < 4.78 is 0. The molecule has 0 nitrogen and oxygen atoms in total. The fourth-order valence-corrected chi connectivity index (χ4v) is 2.84. The summed E-state index contributed by atoms with van der Waals surface area (Å²) in [4.78, 5) is 0. The van der Waals surface area contributed by atoms with E-state index < -0.39 is 0 Å². The van der Waals surface area contributed by atoms with Crippen LogP contribution in [0.1, 0.15) is 29.5 Å². The second-order valence-corrected chi connectivity index (χ2v) is 5.17. The molecule has 0 aliphatic heterocycles. The predicted molar refractivity (Wildman–Crippen MR) is 60.2 cm³/mol. The zero-order chi connectivity index (χ0) is 9.26. The van der Waals surface area contributed by atoms with Crippen LogP contribution in [0.5, 0.6) is 0 Å². The quantitative estimate of drug-likeness (QED) is 0.703. The van der Waals surface area contributed by atoms with Crippen LogP contribution in [0.15, 0.2) is 18.2 Å². The van der Waals surface area contributed by atoms with Crippen LogP contribution in [-0.4, -0.2) is 5.25 Å². The number of thioether (sulfide) groups is 1. The van der Waals surface area contributed by atoms with Crippen molar-refractivity contribution in [2.24, 2.45) is 0 Å². The monoisotopic (exact) mass is 192 g/mol. The van der Waals surface area contributed by atoms with E-state index in [1.54, 1.807) is 5.56 Å². The second-order valence-electron chi connectivity index (χ2n) is 3.88. The normalized spacial score (nSPS) is 16.2. The molecule has 1 aliphatic carbocycles. The molecule has 0 unspecified atom stereocenters. The van der Waals surface area contributed by atoms with E-state index in [-0.39, 0.29) is 0 Å². The number of rotatable bonds is 3. The molecule has 70 valence electrons. The molecule has 0 aromatic heterocycles. The molecule has 1 aromatic carbocycles. The topological polar surface area (TPSA) is 0 Å². The second kappa shape index (κ2) is 3.75. The van der Waals surface area contributed by atoms with E-state index in [2.05, 4.69) is 43.8 Å². The van der Waals surface area contributed by atoms with Gasteiger partial charge in [-0.05, 0) is 43.4 Å². The van der Waals surface area contributed by atoms with E-state index in [0.717, 1.165) is 5.25 Å². The smallest absolute Gasteiger partial charge is 0.0192 e. The molecular formula is C12H16S. The Bertz CT molecular complexity index is 280. The molecule has 1 heteroatoms. The van der Waals surface area contributed by atoms with Crippen LogP contribution >= 0.6 is 11.8 Å². The molecule has 1 saturated carbocycles. The van der Waals surface area contributed by atoms with Gasteiger partial charge in [-0.3, -0.25) is 0 Å². The Balaban J connectivity index is 2.07. The fraction of sp³-hybridized carbons (Fsp3) is 0.500. The minimum Gasteiger partial charge on any atom is -0.154 e. The highest BCUT2D eigenvalue weighted by Crippen LogP contribution is 2.36. The lowest BCUT2D eigenvalue weighted by Gasteiger charge is -2.08. The maximum absolute atomic E-state index is 2.22. The Labute approximate surface area is 84.7 Å². The number of hydrogen-bond acceptors (Lipinski definition) is 1. The van der Waals surface area contributed by atoms with Gasteiger partial charge in [0, 0.05) is 11.0 Å². The summed E-state index contributed by atoms with van der Waals surface area (Å²) in [5.74, 6) is 1.21. The molecule has 1 aromatic rings. The first-order valence-electron chi connectivity index (χ1n) is 4.94. The van der Waals surface area contributed by atoms with Gasteiger partial charge in [0.05, 0.1) is 0 Å². The first kappa shape index (κ1) is 9.14. The molecule has 1 aliphatic rings. The molecule has 0 radical (unpaired) electrons. The number of hydrogen-bond donors (Lipinski definition) is 0. The summed E-state index contributed by atoms with van der Waals surface area (Å²) in [5.41, 5.74) is 4.46. The molecule has 13 heavy (non-hydrogen) atoms. The van der Waals surface area contributed by atoms with Crippen molar-refractivity contribution in [1.82, 2.24) is 0 Å². The minimum absolute atomic E-state index is 0.971. The average Bonchev–Trinajstić information content (AvgIpc) is 2.87. The lowest BCUT2D eigenvalue weighted by molar-refractivity contribution is 1.24. The summed E-state index contributed by atoms with van der Waals surface area (Å²) in [5, 5.41) is 0.971. The summed E-state index contributed by atoms with van der Waals surface area (Å²) in [7, 11) is 0.